The van der Waals surface area contributed by atoms with Gasteiger partial charge in [-0.15, -0.1) is 0 Å². The van der Waals surface area contributed by atoms with Crippen LogP contribution in [0.2, 0.25) is 5.15 Å². The molecule has 26 heavy (non-hydrogen) atoms. The second kappa shape index (κ2) is 7.62. The van der Waals surface area contributed by atoms with Crippen LogP contribution in [0.1, 0.15) is 5.56 Å². The normalized spacial score (nSPS) is 15.3. The number of azide groups is 2. The van der Waals surface area contributed by atoms with Crippen molar-refractivity contribution in [1.29, 1.82) is 0 Å². The number of hydrogen-bond acceptors (Lipinski definition) is 5. The first-order chi connectivity index (χ1) is 12.6. The highest BCUT2D eigenvalue weighted by molar-refractivity contribution is 6.29. The van der Waals surface area contributed by atoms with Crippen LogP contribution in [0.15, 0.2) is 46.6 Å². The number of fused-ring (bicyclic) bond motifs is 1. The Bertz CT molecular complexity index is 950. The summed E-state index contributed by atoms with van der Waals surface area (Å²) in [7, 11) is 0. The minimum Gasteiger partial charge on any atom is -0.321 e. The number of nitrogens with zero attached hydrogens (tertiary/aromatic N) is 8. The van der Waals surface area contributed by atoms with Crippen LogP contribution < -0.4 is 10.2 Å². The number of carbonyl (C=O) groups is 1. The van der Waals surface area contributed by atoms with Crippen molar-refractivity contribution in [3.05, 3.63) is 68.0 Å². The van der Waals surface area contributed by atoms with E-state index in [-0.39, 0.29) is 24.1 Å². The number of benzene rings is 1. The zero-order valence-corrected chi connectivity index (χ0v) is 14.1. The van der Waals surface area contributed by atoms with Crippen LogP contribution in [0.4, 0.5) is 17.2 Å². The van der Waals surface area contributed by atoms with E-state index in [0.29, 0.717) is 17.2 Å². The first-order valence-electron chi connectivity index (χ1n) is 7.51. The predicted octanol–water partition coefficient (Wildman–Crippen LogP) is 4.31. The Hall–Kier alpha value is -3.45. The molecule has 130 valence electrons. The first-order valence-corrected chi connectivity index (χ1v) is 7.89. The van der Waals surface area contributed by atoms with Crippen molar-refractivity contribution in [2.75, 3.05) is 16.8 Å². The third kappa shape index (κ3) is 3.47. The molecule has 1 aliphatic rings. The standard InChI is InChI=1S/C15H12ClN9O/c16-13-5-4-11-14(22-13)25(12(8-20-24-18)15(26)21-11)10-3-1-2-9(6-10)7-19-23-17/h1-6,12H,7-8H2,(H,21,26). The molecule has 0 saturated carbocycles. The lowest BCUT2D eigenvalue weighted by Gasteiger charge is -2.36. The van der Waals surface area contributed by atoms with Crippen molar-refractivity contribution < 1.29 is 4.79 Å². The summed E-state index contributed by atoms with van der Waals surface area (Å²) in [5, 5.41) is 10.1. The van der Waals surface area contributed by atoms with Crippen molar-refractivity contribution in [2.24, 2.45) is 10.2 Å². The summed E-state index contributed by atoms with van der Waals surface area (Å²) in [4.78, 5) is 24.0. The van der Waals surface area contributed by atoms with Gasteiger partial charge in [-0.3, -0.25) is 4.79 Å². The van der Waals surface area contributed by atoms with Gasteiger partial charge in [0.25, 0.3) is 0 Å². The molecular weight excluding hydrogens is 358 g/mol. The number of nitrogens with one attached hydrogen (secondary N) is 1. The Morgan fingerprint density at radius 3 is 2.81 bits per heavy atom. The van der Waals surface area contributed by atoms with Gasteiger partial charge in [0.15, 0.2) is 5.82 Å². The van der Waals surface area contributed by atoms with Gasteiger partial charge < -0.3 is 10.2 Å². The number of carbonyl (C=O) groups excluding carboxylic acids is 1. The fourth-order valence-electron chi connectivity index (χ4n) is 2.69. The van der Waals surface area contributed by atoms with Gasteiger partial charge in [0.1, 0.15) is 11.2 Å². The Balaban J connectivity index is 2.13. The van der Waals surface area contributed by atoms with Crippen molar-refractivity contribution in [1.82, 2.24) is 4.98 Å². The van der Waals surface area contributed by atoms with E-state index in [1.165, 1.54) is 0 Å². The summed E-state index contributed by atoms with van der Waals surface area (Å²) >= 11 is 6.03. The van der Waals surface area contributed by atoms with E-state index in [4.69, 9.17) is 22.7 Å². The summed E-state index contributed by atoms with van der Waals surface area (Å²) in [6.07, 6.45) is 0. The molecule has 0 aliphatic carbocycles. The topological polar surface area (TPSA) is 143 Å². The summed E-state index contributed by atoms with van der Waals surface area (Å²) < 4.78 is 0. The fraction of sp³-hybridized carbons (Fsp3) is 0.200. The molecule has 11 heteroatoms. The van der Waals surface area contributed by atoms with E-state index < -0.39 is 6.04 Å². The molecule has 1 aromatic carbocycles. The van der Waals surface area contributed by atoms with Gasteiger partial charge >= 0.3 is 0 Å². The SMILES string of the molecule is [N-]=[N+]=NCc1cccc(N2c3nc(Cl)ccc3NC(=O)C2CN=[N+]=[N-])c1. The molecule has 0 spiro atoms. The van der Waals surface area contributed by atoms with E-state index in [1.54, 1.807) is 41.3 Å². The van der Waals surface area contributed by atoms with Crippen LogP contribution >= 0.6 is 11.6 Å². The molecule has 10 nitrogen and oxygen atoms in total. The predicted molar refractivity (Wildman–Crippen MR) is 97.1 cm³/mol. The van der Waals surface area contributed by atoms with Gasteiger partial charge in [0, 0.05) is 15.5 Å². The average Bonchev–Trinajstić information content (AvgIpc) is 2.65. The summed E-state index contributed by atoms with van der Waals surface area (Å²) in [5.74, 6) is 0.116. The van der Waals surface area contributed by atoms with Crippen LogP contribution in [0.25, 0.3) is 20.9 Å². The molecule has 0 fully saturated rings. The lowest BCUT2D eigenvalue weighted by Crippen LogP contribution is -2.47. The van der Waals surface area contributed by atoms with Crippen LogP contribution in [-0.4, -0.2) is 23.5 Å². The average molecular weight is 370 g/mol. The number of pyridine rings is 1. The molecule has 1 N–H and O–H groups in total. The van der Waals surface area contributed by atoms with Crippen LogP contribution in [0, 0.1) is 0 Å². The highest BCUT2D eigenvalue weighted by atomic mass is 35.5. The van der Waals surface area contributed by atoms with Crippen molar-refractivity contribution in [3.8, 4) is 0 Å². The lowest BCUT2D eigenvalue weighted by molar-refractivity contribution is -0.117. The van der Waals surface area contributed by atoms with Crippen LogP contribution in [-0.2, 0) is 11.3 Å². The van der Waals surface area contributed by atoms with Crippen LogP contribution in [0.5, 0.6) is 0 Å². The van der Waals surface area contributed by atoms with E-state index in [9.17, 15) is 4.79 Å². The van der Waals surface area contributed by atoms with Gasteiger partial charge in [-0.25, -0.2) is 4.98 Å². The zero-order chi connectivity index (χ0) is 18.5. The maximum absolute atomic E-state index is 12.5. The van der Waals surface area contributed by atoms with Gasteiger partial charge in [-0.1, -0.05) is 34.0 Å². The molecule has 1 aromatic heterocycles. The van der Waals surface area contributed by atoms with Gasteiger partial charge in [-0.2, -0.15) is 0 Å². The Morgan fingerprint density at radius 2 is 2.04 bits per heavy atom. The molecule has 0 bridgehead atoms. The summed E-state index contributed by atoms with van der Waals surface area (Å²) in [6.45, 7) is 0.0811. The Labute approximate surface area is 152 Å². The number of halogens is 1. The molecule has 0 radical (unpaired) electrons. The highest BCUT2D eigenvalue weighted by Crippen LogP contribution is 2.37. The Morgan fingerprint density at radius 1 is 1.23 bits per heavy atom. The molecule has 0 saturated heterocycles. The van der Waals surface area contributed by atoms with Gasteiger partial charge in [0.05, 0.1) is 18.8 Å². The first kappa shape index (κ1) is 17.4. The minimum atomic E-state index is -0.793. The van der Waals surface area contributed by atoms with Crippen LogP contribution in [0.3, 0.4) is 0 Å². The maximum atomic E-state index is 12.5. The Kier molecular flexibility index (Phi) is 5.09. The lowest BCUT2D eigenvalue weighted by atomic mass is 10.1. The molecular formula is C15H12ClN9O. The molecule has 1 amide bonds. The largest absolute Gasteiger partial charge is 0.321 e. The number of aromatic nitrogens is 1. The minimum absolute atomic E-state index is 0.0868. The molecule has 1 aliphatic heterocycles. The van der Waals surface area contributed by atoms with Gasteiger partial charge in [-0.05, 0) is 40.9 Å². The molecule has 2 heterocycles. The van der Waals surface area contributed by atoms with E-state index >= 15 is 0 Å². The maximum Gasteiger partial charge on any atom is 0.247 e. The number of hydrogen-bond donors (Lipinski definition) is 1. The smallest absolute Gasteiger partial charge is 0.247 e. The van der Waals surface area contributed by atoms with Crippen molar-refractivity contribution in [2.45, 2.75) is 12.6 Å². The molecule has 3 rings (SSSR count). The second-order valence-corrected chi connectivity index (χ2v) is 5.74. The summed E-state index contributed by atoms with van der Waals surface area (Å²) in [6, 6.07) is 9.58. The molecule has 1 atom stereocenters. The fourth-order valence-corrected chi connectivity index (χ4v) is 2.83. The number of amides is 1. The van der Waals surface area contributed by atoms with E-state index in [1.807, 2.05) is 0 Å². The summed E-state index contributed by atoms with van der Waals surface area (Å²) in [5.41, 5.74) is 19.0. The monoisotopic (exact) mass is 369 g/mol. The second-order valence-electron chi connectivity index (χ2n) is 5.35. The quantitative estimate of drug-likeness (QED) is 0.362. The molecule has 2 aromatic rings. The van der Waals surface area contributed by atoms with Crippen molar-refractivity contribution in [3.63, 3.8) is 0 Å². The number of rotatable bonds is 5. The number of anilines is 3. The zero-order valence-electron chi connectivity index (χ0n) is 13.3. The van der Waals surface area contributed by atoms with E-state index in [2.05, 4.69) is 30.4 Å². The third-order valence-electron chi connectivity index (χ3n) is 3.76. The van der Waals surface area contributed by atoms with Gasteiger partial charge in [0.2, 0.25) is 5.91 Å². The third-order valence-corrected chi connectivity index (χ3v) is 3.98. The highest BCUT2D eigenvalue weighted by Gasteiger charge is 2.34. The van der Waals surface area contributed by atoms with E-state index in [0.717, 1.165) is 5.56 Å². The van der Waals surface area contributed by atoms with Crippen molar-refractivity contribution >= 4 is 34.7 Å². The molecule has 1 unspecified atom stereocenters.